The molecule has 1 aromatic carbocycles. The molecule has 3 nitrogen and oxygen atoms in total. The Morgan fingerprint density at radius 3 is 2.44 bits per heavy atom. The molecule has 0 spiro atoms. The zero-order valence-electron chi connectivity index (χ0n) is 9.35. The van der Waals surface area contributed by atoms with Crippen molar-refractivity contribution in [3.63, 3.8) is 0 Å². The fraction of sp³-hybridized carbons (Fsp3) is 0.231. The van der Waals surface area contributed by atoms with Crippen LogP contribution < -0.4 is 5.73 Å². The first-order chi connectivity index (χ1) is 7.85. The molecule has 0 bridgehead atoms. The fourth-order valence-electron chi connectivity index (χ4n) is 1.59. The summed E-state index contributed by atoms with van der Waals surface area (Å²) in [5.41, 5.74) is 8.93. The maximum Gasteiger partial charge on any atom is 0.159 e. The van der Waals surface area contributed by atoms with Crippen LogP contribution in [0.5, 0.6) is 0 Å². The van der Waals surface area contributed by atoms with Crippen molar-refractivity contribution in [3.05, 3.63) is 47.8 Å². The molecule has 16 heavy (non-hydrogen) atoms. The van der Waals surface area contributed by atoms with Crippen molar-refractivity contribution in [1.29, 1.82) is 0 Å². The Balaban J connectivity index is 2.42. The van der Waals surface area contributed by atoms with Crippen molar-refractivity contribution in [3.8, 4) is 11.4 Å². The third-order valence-corrected chi connectivity index (χ3v) is 2.59. The Morgan fingerprint density at radius 2 is 1.81 bits per heavy atom. The molecule has 1 aromatic heterocycles. The SMILES string of the molecule is CCc1cnc(-c2ccccc2CN)nc1. The molecule has 1 heterocycles. The lowest BCUT2D eigenvalue weighted by Gasteiger charge is -2.06. The van der Waals surface area contributed by atoms with Gasteiger partial charge in [0.2, 0.25) is 0 Å². The Hall–Kier alpha value is -1.74. The molecule has 0 aliphatic heterocycles. The van der Waals surface area contributed by atoms with E-state index >= 15 is 0 Å². The third-order valence-electron chi connectivity index (χ3n) is 2.59. The van der Waals surface area contributed by atoms with Gasteiger partial charge in [-0.05, 0) is 17.5 Å². The molecule has 0 atom stereocenters. The van der Waals surface area contributed by atoms with Crippen LogP contribution in [0.4, 0.5) is 0 Å². The predicted octanol–water partition coefficient (Wildman–Crippen LogP) is 2.16. The zero-order valence-corrected chi connectivity index (χ0v) is 9.35. The lowest BCUT2D eigenvalue weighted by atomic mass is 10.1. The molecule has 3 heteroatoms. The van der Waals surface area contributed by atoms with Gasteiger partial charge in [-0.1, -0.05) is 31.2 Å². The van der Waals surface area contributed by atoms with E-state index in [0.717, 1.165) is 28.9 Å². The minimum atomic E-state index is 0.509. The first-order valence-electron chi connectivity index (χ1n) is 5.44. The molecule has 2 N–H and O–H groups in total. The molecule has 0 saturated heterocycles. The number of aryl methyl sites for hydroxylation is 1. The van der Waals surface area contributed by atoms with Gasteiger partial charge in [0.1, 0.15) is 0 Å². The van der Waals surface area contributed by atoms with E-state index in [9.17, 15) is 0 Å². The van der Waals surface area contributed by atoms with E-state index in [2.05, 4.69) is 16.9 Å². The Bertz CT molecular complexity index is 463. The highest BCUT2D eigenvalue weighted by Crippen LogP contribution is 2.19. The van der Waals surface area contributed by atoms with Gasteiger partial charge in [-0.25, -0.2) is 9.97 Å². The van der Waals surface area contributed by atoms with E-state index in [1.54, 1.807) is 0 Å². The lowest BCUT2D eigenvalue weighted by molar-refractivity contribution is 1.03. The molecule has 0 radical (unpaired) electrons. The van der Waals surface area contributed by atoms with Crippen LogP contribution >= 0.6 is 0 Å². The van der Waals surface area contributed by atoms with Crippen molar-refractivity contribution >= 4 is 0 Å². The molecule has 0 fully saturated rings. The van der Waals surface area contributed by atoms with E-state index in [-0.39, 0.29) is 0 Å². The van der Waals surface area contributed by atoms with Crippen molar-refractivity contribution in [2.45, 2.75) is 19.9 Å². The number of nitrogens with zero attached hydrogens (tertiary/aromatic N) is 2. The van der Waals surface area contributed by atoms with Gasteiger partial charge in [0.25, 0.3) is 0 Å². The van der Waals surface area contributed by atoms with Gasteiger partial charge < -0.3 is 5.73 Å². The maximum absolute atomic E-state index is 5.69. The van der Waals surface area contributed by atoms with Crippen LogP contribution in [-0.2, 0) is 13.0 Å². The smallest absolute Gasteiger partial charge is 0.159 e. The van der Waals surface area contributed by atoms with Crippen LogP contribution in [0.1, 0.15) is 18.1 Å². The van der Waals surface area contributed by atoms with E-state index in [1.165, 1.54) is 0 Å². The average Bonchev–Trinajstić information content (AvgIpc) is 2.39. The number of benzene rings is 1. The first-order valence-corrected chi connectivity index (χ1v) is 5.44. The van der Waals surface area contributed by atoms with Crippen molar-refractivity contribution in [2.75, 3.05) is 0 Å². The summed E-state index contributed by atoms with van der Waals surface area (Å²) in [4.78, 5) is 8.72. The molecular formula is C13H15N3. The van der Waals surface area contributed by atoms with E-state index in [4.69, 9.17) is 5.73 Å². The first kappa shape index (κ1) is 10.8. The fourth-order valence-corrected chi connectivity index (χ4v) is 1.59. The highest BCUT2D eigenvalue weighted by Gasteiger charge is 2.05. The van der Waals surface area contributed by atoms with Crippen molar-refractivity contribution in [1.82, 2.24) is 9.97 Å². The van der Waals surface area contributed by atoms with Gasteiger partial charge in [0, 0.05) is 24.5 Å². The molecule has 0 aliphatic rings. The summed E-state index contributed by atoms with van der Waals surface area (Å²) in [6.45, 7) is 2.60. The zero-order chi connectivity index (χ0) is 11.4. The Labute approximate surface area is 95.4 Å². The van der Waals surface area contributed by atoms with Crippen LogP contribution in [0.2, 0.25) is 0 Å². The average molecular weight is 213 g/mol. The Morgan fingerprint density at radius 1 is 1.12 bits per heavy atom. The minimum absolute atomic E-state index is 0.509. The minimum Gasteiger partial charge on any atom is -0.326 e. The Kier molecular flexibility index (Phi) is 3.27. The second kappa shape index (κ2) is 4.86. The highest BCUT2D eigenvalue weighted by molar-refractivity contribution is 5.59. The van der Waals surface area contributed by atoms with E-state index < -0.39 is 0 Å². The monoisotopic (exact) mass is 213 g/mol. The van der Waals surface area contributed by atoms with E-state index in [1.807, 2.05) is 36.7 Å². The molecule has 82 valence electrons. The third kappa shape index (κ3) is 2.09. The summed E-state index contributed by atoms with van der Waals surface area (Å²) < 4.78 is 0. The van der Waals surface area contributed by atoms with Crippen LogP contribution in [0.15, 0.2) is 36.7 Å². The number of hydrogen-bond donors (Lipinski definition) is 1. The van der Waals surface area contributed by atoms with Crippen LogP contribution in [-0.4, -0.2) is 9.97 Å². The normalized spacial score (nSPS) is 10.4. The second-order valence-corrected chi connectivity index (χ2v) is 3.63. The maximum atomic E-state index is 5.69. The van der Waals surface area contributed by atoms with Gasteiger partial charge in [0.05, 0.1) is 0 Å². The predicted molar refractivity (Wildman–Crippen MR) is 64.7 cm³/mol. The molecule has 0 unspecified atom stereocenters. The second-order valence-electron chi connectivity index (χ2n) is 3.63. The topological polar surface area (TPSA) is 51.8 Å². The molecule has 2 aromatic rings. The summed E-state index contributed by atoms with van der Waals surface area (Å²) in [5, 5.41) is 0. The summed E-state index contributed by atoms with van der Waals surface area (Å²) in [5.74, 6) is 0.748. The quantitative estimate of drug-likeness (QED) is 0.850. The van der Waals surface area contributed by atoms with Gasteiger partial charge in [-0.3, -0.25) is 0 Å². The molecule has 2 rings (SSSR count). The number of aromatic nitrogens is 2. The molecular weight excluding hydrogens is 198 g/mol. The van der Waals surface area contributed by atoms with Gasteiger partial charge >= 0.3 is 0 Å². The number of rotatable bonds is 3. The van der Waals surface area contributed by atoms with E-state index in [0.29, 0.717) is 6.54 Å². The van der Waals surface area contributed by atoms with Gasteiger partial charge in [-0.2, -0.15) is 0 Å². The molecule has 0 aliphatic carbocycles. The summed E-state index contributed by atoms with van der Waals surface area (Å²) in [6, 6.07) is 7.97. The van der Waals surface area contributed by atoms with Crippen molar-refractivity contribution < 1.29 is 0 Å². The van der Waals surface area contributed by atoms with Crippen LogP contribution in [0.3, 0.4) is 0 Å². The number of hydrogen-bond acceptors (Lipinski definition) is 3. The summed E-state index contributed by atoms with van der Waals surface area (Å²) in [6.07, 6.45) is 4.70. The van der Waals surface area contributed by atoms with Crippen LogP contribution in [0.25, 0.3) is 11.4 Å². The van der Waals surface area contributed by atoms with Gasteiger partial charge in [-0.15, -0.1) is 0 Å². The largest absolute Gasteiger partial charge is 0.326 e. The summed E-state index contributed by atoms with van der Waals surface area (Å²) in [7, 11) is 0. The van der Waals surface area contributed by atoms with Gasteiger partial charge in [0.15, 0.2) is 5.82 Å². The van der Waals surface area contributed by atoms with Crippen LogP contribution in [0, 0.1) is 0 Å². The van der Waals surface area contributed by atoms with Crippen molar-refractivity contribution in [2.24, 2.45) is 5.73 Å². The lowest BCUT2D eigenvalue weighted by Crippen LogP contribution is -2.00. The number of nitrogens with two attached hydrogens (primary N) is 1. The standard InChI is InChI=1S/C13H15N3/c1-2-10-8-15-13(16-9-10)12-6-4-3-5-11(12)7-14/h3-6,8-9H,2,7,14H2,1H3. The molecule has 0 amide bonds. The highest BCUT2D eigenvalue weighted by atomic mass is 14.9. The molecule has 0 saturated carbocycles. The summed E-state index contributed by atoms with van der Waals surface area (Å²) >= 11 is 0.